The summed E-state index contributed by atoms with van der Waals surface area (Å²) in [5.41, 5.74) is 5.71. The number of carbonyl (C=O) groups is 1. The fourth-order valence-corrected chi connectivity index (χ4v) is 3.72. The van der Waals surface area contributed by atoms with Gasteiger partial charge in [0.1, 0.15) is 0 Å². The number of hydrogen-bond acceptors (Lipinski definition) is 2. The molecule has 3 unspecified atom stereocenters. The molecule has 0 bridgehead atoms. The summed E-state index contributed by atoms with van der Waals surface area (Å²) in [6.45, 7) is 5.88. The molecule has 96 valence electrons. The smallest absolute Gasteiger partial charge is 0.232 e. The van der Waals surface area contributed by atoms with Gasteiger partial charge in [-0.05, 0) is 30.6 Å². The second-order valence-corrected chi connectivity index (χ2v) is 6.29. The minimum absolute atomic E-state index is 0.155. The van der Waals surface area contributed by atoms with Gasteiger partial charge < -0.3 is 10.6 Å². The molecule has 0 aromatic heterocycles. The first-order valence-corrected chi connectivity index (χ1v) is 6.99. The lowest BCUT2D eigenvalue weighted by Gasteiger charge is -2.25. The van der Waals surface area contributed by atoms with Crippen molar-refractivity contribution >= 4 is 23.1 Å². The summed E-state index contributed by atoms with van der Waals surface area (Å²) in [5.74, 6) is 1.54. The van der Waals surface area contributed by atoms with Crippen molar-refractivity contribution in [2.45, 2.75) is 33.1 Å². The summed E-state index contributed by atoms with van der Waals surface area (Å²) in [4.78, 5) is 14.8. The molecule has 1 saturated heterocycles. The van der Waals surface area contributed by atoms with Crippen LogP contribution in [0.25, 0.3) is 0 Å². The molecule has 3 atom stereocenters. The third-order valence-electron chi connectivity index (χ3n) is 4.28. The van der Waals surface area contributed by atoms with E-state index in [-0.39, 0.29) is 17.7 Å². The van der Waals surface area contributed by atoms with Gasteiger partial charge in [0.05, 0.1) is 10.9 Å². The maximum absolute atomic E-state index is 12.4. The quantitative estimate of drug-likeness (QED) is 0.781. The SMILES string of the molecule is CC(C)C(C(=O)N1CC2CCCC2C1)C(N)=S. The van der Waals surface area contributed by atoms with E-state index in [4.69, 9.17) is 18.0 Å². The lowest BCUT2D eigenvalue weighted by atomic mass is 9.94. The van der Waals surface area contributed by atoms with Crippen molar-refractivity contribution in [2.24, 2.45) is 29.4 Å². The summed E-state index contributed by atoms with van der Waals surface area (Å²) >= 11 is 5.04. The highest BCUT2D eigenvalue weighted by atomic mass is 32.1. The Hall–Kier alpha value is -0.640. The van der Waals surface area contributed by atoms with Crippen LogP contribution in [-0.2, 0) is 4.79 Å². The minimum Gasteiger partial charge on any atom is -0.393 e. The maximum atomic E-state index is 12.4. The molecule has 0 aromatic rings. The average Bonchev–Trinajstić information content (AvgIpc) is 2.74. The van der Waals surface area contributed by atoms with Crippen LogP contribution >= 0.6 is 12.2 Å². The Morgan fingerprint density at radius 1 is 1.29 bits per heavy atom. The number of nitrogens with zero attached hydrogens (tertiary/aromatic N) is 1. The molecule has 2 fully saturated rings. The normalized spacial score (nSPS) is 29.5. The minimum atomic E-state index is -0.274. The van der Waals surface area contributed by atoms with Gasteiger partial charge in [0.2, 0.25) is 5.91 Å². The van der Waals surface area contributed by atoms with Gasteiger partial charge in [0.25, 0.3) is 0 Å². The Morgan fingerprint density at radius 2 is 1.82 bits per heavy atom. The van der Waals surface area contributed by atoms with Gasteiger partial charge in [-0.3, -0.25) is 4.79 Å². The molecule has 3 nitrogen and oxygen atoms in total. The highest BCUT2D eigenvalue weighted by Crippen LogP contribution is 2.38. The Kier molecular flexibility index (Phi) is 3.71. The van der Waals surface area contributed by atoms with E-state index < -0.39 is 0 Å². The number of hydrogen-bond donors (Lipinski definition) is 1. The zero-order chi connectivity index (χ0) is 12.6. The zero-order valence-electron chi connectivity index (χ0n) is 10.7. The molecule has 17 heavy (non-hydrogen) atoms. The first-order valence-electron chi connectivity index (χ1n) is 6.58. The van der Waals surface area contributed by atoms with Gasteiger partial charge in [-0.15, -0.1) is 0 Å². The van der Waals surface area contributed by atoms with E-state index in [1.807, 2.05) is 18.7 Å². The van der Waals surface area contributed by atoms with E-state index in [0.717, 1.165) is 24.9 Å². The topological polar surface area (TPSA) is 46.3 Å². The van der Waals surface area contributed by atoms with Crippen LogP contribution in [0.1, 0.15) is 33.1 Å². The lowest BCUT2D eigenvalue weighted by molar-refractivity contribution is -0.133. The van der Waals surface area contributed by atoms with Crippen molar-refractivity contribution < 1.29 is 4.79 Å². The Labute approximate surface area is 109 Å². The fourth-order valence-electron chi connectivity index (χ4n) is 3.35. The molecule has 2 N–H and O–H groups in total. The van der Waals surface area contributed by atoms with Crippen LogP contribution in [0.4, 0.5) is 0 Å². The monoisotopic (exact) mass is 254 g/mol. The van der Waals surface area contributed by atoms with Crippen LogP contribution in [-0.4, -0.2) is 28.9 Å². The molecule has 1 aliphatic heterocycles. The molecule has 0 radical (unpaired) electrons. The standard InChI is InChI=1S/C13H22N2OS/c1-8(2)11(12(14)17)13(16)15-6-9-4-3-5-10(9)7-15/h8-11H,3-7H2,1-2H3,(H2,14,17). The number of thiocarbonyl (C=S) groups is 1. The summed E-state index contributed by atoms with van der Waals surface area (Å²) in [6, 6.07) is 0. The largest absolute Gasteiger partial charge is 0.393 e. The molecular formula is C13H22N2OS. The number of likely N-dealkylation sites (tertiary alicyclic amines) is 1. The third kappa shape index (κ3) is 2.46. The van der Waals surface area contributed by atoms with Gasteiger partial charge in [0, 0.05) is 13.1 Å². The highest BCUT2D eigenvalue weighted by Gasteiger charge is 2.40. The lowest BCUT2D eigenvalue weighted by Crippen LogP contribution is -2.42. The summed E-state index contributed by atoms with van der Waals surface area (Å²) in [6.07, 6.45) is 3.90. The molecule has 0 spiro atoms. The number of amides is 1. The van der Waals surface area contributed by atoms with E-state index in [0.29, 0.717) is 4.99 Å². The molecule has 1 amide bonds. The van der Waals surface area contributed by atoms with Crippen LogP contribution in [0.15, 0.2) is 0 Å². The predicted molar refractivity (Wildman–Crippen MR) is 72.5 cm³/mol. The van der Waals surface area contributed by atoms with Crippen LogP contribution in [0.2, 0.25) is 0 Å². The molecule has 1 aliphatic carbocycles. The molecule has 2 rings (SSSR count). The highest BCUT2D eigenvalue weighted by molar-refractivity contribution is 7.80. The summed E-state index contributed by atoms with van der Waals surface area (Å²) < 4.78 is 0. The van der Waals surface area contributed by atoms with Crippen molar-refractivity contribution in [1.29, 1.82) is 0 Å². The van der Waals surface area contributed by atoms with E-state index in [2.05, 4.69) is 0 Å². The van der Waals surface area contributed by atoms with Crippen molar-refractivity contribution in [3.63, 3.8) is 0 Å². The van der Waals surface area contributed by atoms with Crippen molar-refractivity contribution in [1.82, 2.24) is 4.90 Å². The van der Waals surface area contributed by atoms with Crippen LogP contribution < -0.4 is 5.73 Å². The van der Waals surface area contributed by atoms with Gasteiger partial charge >= 0.3 is 0 Å². The van der Waals surface area contributed by atoms with Crippen LogP contribution in [0.5, 0.6) is 0 Å². The fraction of sp³-hybridized carbons (Fsp3) is 0.846. The van der Waals surface area contributed by atoms with E-state index in [1.54, 1.807) is 0 Å². The van der Waals surface area contributed by atoms with Gasteiger partial charge in [0.15, 0.2) is 0 Å². The second kappa shape index (κ2) is 4.92. The molecule has 1 saturated carbocycles. The number of rotatable bonds is 3. The van der Waals surface area contributed by atoms with E-state index in [9.17, 15) is 4.79 Å². The molecule has 4 heteroatoms. The molecule has 2 aliphatic rings. The Morgan fingerprint density at radius 3 is 2.24 bits per heavy atom. The van der Waals surface area contributed by atoms with Gasteiger partial charge in [-0.2, -0.15) is 0 Å². The van der Waals surface area contributed by atoms with Crippen LogP contribution in [0, 0.1) is 23.7 Å². The van der Waals surface area contributed by atoms with E-state index >= 15 is 0 Å². The molecule has 0 aromatic carbocycles. The summed E-state index contributed by atoms with van der Waals surface area (Å²) in [7, 11) is 0. The number of nitrogens with two attached hydrogens (primary N) is 1. The Balaban J connectivity index is 2.03. The number of carbonyl (C=O) groups excluding carboxylic acids is 1. The first kappa shape index (κ1) is 12.8. The molecule has 1 heterocycles. The predicted octanol–water partition coefficient (Wildman–Crippen LogP) is 1.80. The zero-order valence-corrected chi connectivity index (χ0v) is 11.5. The average molecular weight is 254 g/mol. The second-order valence-electron chi connectivity index (χ2n) is 5.82. The van der Waals surface area contributed by atoms with Gasteiger partial charge in [-0.25, -0.2) is 0 Å². The number of fused-ring (bicyclic) bond motifs is 1. The molecular weight excluding hydrogens is 232 g/mol. The first-order chi connectivity index (χ1) is 8.00. The third-order valence-corrected chi connectivity index (χ3v) is 4.53. The maximum Gasteiger partial charge on any atom is 0.232 e. The summed E-state index contributed by atoms with van der Waals surface area (Å²) in [5, 5.41) is 0. The van der Waals surface area contributed by atoms with Crippen molar-refractivity contribution in [2.75, 3.05) is 13.1 Å². The van der Waals surface area contributed by atoms with Gasteiger partial charge in [-0.1, -0.05) is 32.5 Å². The van der Waals surface area contributed by atoms with Crippen LogP contribution in [0.3, 0.4) is 0 Å². The van der Waals surface area contributed by atoms with Crippen molar-refractivity contribution in [3.8, 4) is 0 Å². The van der Waals surface area contributed by atoms with Crippen molar-refractivity contribution in [3.05, 3.63) is 0 Å². The van der Waals surface area contributed by atoms with E-state index in [1.165, 1.54) is 19.3 Å². The Bertz CT molecular complexity index is 317.